The second-order valence-corrected chi connectivity index (χ2v) is 6.49. The van der Waals surface area contributed by atoms with E-state index in [0.717, 1.165) is 5.56 Å². The molecule has 0 fully saturated rings. The number of hydrogen-bond acceptors (Lipinski definition) is 3. The van der Waals surface area contributed by atoms with Crippen molar-refractivity contribution in [1.82, 2.24) is 14.9 Å². The van der Waals surface area contributed by atoms with E-state index in [9.17, 15) is 13.2 Å². The Hall–Kier alpha value is -2.80. The molecule has 4 nitrogen and oxygen atoms in total. The topological polar surface area (TPSA) is 39.1 Å². The van der Waals surface area contributed by atoms with Crippen LogP contribution in [-0.2, 0) is 6.54 Å². The third-order valence-corrected chi connectivity index (χ3v) is 4.66. The monoisotopic (exact) mass is 389 g/mol. The molecule has 0 saturated heterocycles. The molecule has 7 heteroatoms. The lowest BCUT2D eigenvalue weighted by Crippen LogP contribution is -2.31. The van der Waals surface area contributed by atoms with Gasteiger partial charge in [-0.15, -0.1) is 0 Å². The van der Waals surface area contributed by atoms with Gasteiger partial charge in [0.05, 0.1) is 25.4 Å². The predicted octanol–water partition coefficient (Wildman–Crippen LogP) is 4.41. The maximum atomic E-state index is 13.7. The molecule has 2 aromatic carbocycles. The molecule has 2 unspecified atom stereocenters. The molecule has 0 radical (unpaired) electrons. The normalized spacial score (nSPS) is 13.5. The highest BCUT2D eigenvalue weighted by Crippen LogP contribution is 2.26. The van der Waals surface area contributed by atoms with Crippen molar-refractivity contribution in [3.63, 3.8) is 0 Å². The summed E-state index contributed by atoms with van der Waals surface area (Å²) in [4.78, 5) is 4.01. The number of rotatable bonds is 9. The Balaban J connectivity index is 1.76. The van der Waals surface area contributed by atoms with E-state index in [0.29, 0.717) is 17.9 Å². The van der Waals surface area contributed by atoms with Crippen molar-refractivity contribution in [2.24, 2.45) is 0 Å². The summed E-state index contributed by atoms with van der Waals surface area (Å²) in [6.07, 6.45) is 2.59. The van der Waals surface area contributed by atoms with Crippen molar-refractivity contribution >= 4 is 0 Å². The maximum Gasteiger partial charge on any atom is 0.246 e. The zero-order chi connectivity index (χ0) is 19.9. The summed E-state index contributed by atoms with van der Waals surface area (Å²) in [5.74, 6) is -0.695. The summed E-state index contributed by atoms with van der Waals surface area (Å²) >= 11 is 0. The van der Waals surface area contributed by atoms with E-state index in [1.807, 2.05) is 4.57 Å². The van der Waals surface area contributed by atoms with Crippen molar-refractivity contribution in [1.29, 1.82) is 0 Å². The molecule has 0 aliphatic heterocycles. The van der Waals surface area contributed by atoms with E-state index in [-0.39, 0.29) is 18.4 Å². The van der Waals surface area contributed by atoms with Gasteiger partial charge in [-0.2, -0.15) is 0 Å². The van der Waals surface area contributed by atoms with Crippen LogP contribution in [0.1, 0.15) is 23.1 Å². The molecule has 0 saturated carbocycles. The molecule has 148 valence electrons. The summed E-state index contributed by atoms with van der Waals surface area (Å²) < 4.78 is 47.7. The van der Waals surface area contributed by atoms with Crippen molar-refractivity contribution in [2.75, 3.05) is 13.7 Å². The first-order valence-electron chi connectivity index (χ1n) is 8.93. The number of ether oxygens (including phenoxy) is 1. The number of hydrogen-bond donors (Lipinski definition) is 1. The van der Waals surface area contributed by atoms with Gasteiger partial charge in [0.15, 0.2) is 0 Å². The summed E-state index contributed by atoms with van der Waals surface area (Å²) in [6.45, 7) is 0.560. The summed E-state index contributed by atoms with van der Waals surface area (Å²) in [7, 11) is 1.53. The Bertz CT molecular complexity index is 836. The smallest absolute Gasteiger partial charge is 0.246 e. The van der Waals surface area contributed by atoms with Crippen LogP contribution in [0.2, 0.25) is 0 Å². The average molecular weight is 389 g/mol. The van der Waals surface area contributed by atoms with Crippen molar-refractivity contribution in [2.45, 2.75) is 24.9 Å². The van der Waals surface area contributed by atoms with Crippen LogP contribution in [0.15, 0.2) is 67.3 Å². The minimum Gasteiger partial charge on any atom is -0.497 e. The quantitative estimate of drug-likeness (QED) is 0.589. The van der Waals surface area contributed by atoms with E-state index in [2.05, 4.69) is 10.3 Å². The Morgan fingerprint density at radius 3 is 2.29 bits per heavy atom. The number of alkyl halides is 2. The summed E-state index contributed by atoms with van der Waals surface area (Å²) in [5.41, 5.74) is 1.35. The number of benzene rings is 2. The second-order valence-electron chi connectivity index (χ2n) is 6.49. The van der Waals surface area contributed by atoms with Gasteiger partial charge < -0.3 is 14.6 Å². The van der Waals surface area contributed by atoms with Gasteiger partial charge >= 0.3 is 0 Å². The van der Waals surface area contributed by atoms with Gasteiger partial charge in [-0.1, -0.05) is 24.3 Å². The lowest BCUT2D eigenvalue weighted by atomic mass is 9.98. The highest BCUT2D eigenvalue weighted by atomic mass is 19.3. The Morgan fingerprint density at radius 1 is 1.04 bits per heavy atom. The van der Waals surface area contributed by atoms with Gasteiger partial charge in [0.2, 0.25) is 6.43 Å². The van der Waals surface area contributed by atoms with Gasteiger partial charge in [0.25, 0.3) is 0 Å². The van der Waals surface area contributed by atoms with Crippen molar-refractivity contribution < 1.29 is 17.9 Å². The van der Waals surface area contributed by atoms with E-state index in [1.165, 1.54) is 19.2 Å². The van der Waals surface area contributed by atoms with Crippen molar-refractivity contribution in [3.05, 3.63) is 84.2 Å². The fourth-order valence-corrected chi connectivity index (χ4v) is 3.06. The molecule has 1 aromatic heterocycles. The minimum atomic E-state index is -2.52. The molecule has 0 aliphatic rings. The fraction of sp³-hybridized carbons (Fsp3) is 0.286. The van der Waals surface area contributed by atoms with Crippen LogP contribution in [0, 0.1) is 5.82 Å². The lowest BCUT2D eigenvalue weighted by Gasteiger charge is -2.24. The third kappa shape index (κ3) is 5.13. The van der Waals surface area contributed by atoms with Gasteiger partial charge in [0, 0.05) is 25.5 Å². The van der Waals surface area contributed by atoms with Crippen LogP contribution in [-0.4, -0.2) is 29.6 Å². The number of aromatic nitrogens is 2. The molecule has 0 aliphatic carbocycles. The number of nitrogens with one attached hydrogen (secondary N) is 1. The van der Waals surface area contributed by atoms with E-state index < -0.39 is 12.3 Å². The van der Waals surface area contributed by atoms with Crippen LogP contribution >= 0.6 is 0 Å². The minimum absolute atomic E-state index is 0.0702. The van der Waals surface area contributed by atoms with E-state index in [1.54, 1.807) is 55.1 Å². The zero-order valence-corrected chi connectivity index (χ0v) is 15.4. The molecule has 0 amide bonds. The Labute approximate surface area is 162 Å². The predicted molar refractivity (Wildman–Crippen MR) is 101 cm³/mol. The largest absolute Gasteiger partial charge is 0.497 e. The fourth-order valence-electron chi connectivity index (χ4n) is 3.06. The molecule has 0 spiro atoms. The standard InChI is InChI=1S/C21H22F3N3O/c1-28-18-8-4-15(5-9-18)19(21(23)24)12-26-20(13-27-11-10-25-14-27)16-2-6-17(22)7-3-16/h2-11,14,19-21,26H,12-13H2,1H3. The molecule has 1 heterocycles. The van der Waals surface area contributed by atoms with Gasteiger partial charge in [-0.05, 0) is 35.4 Å². The summed E-state index contributed by atoms with van der Waals surface area (Å²) in [5, 5.41) is 3.22. The number of halogens is 3. The third-order valence-electron chi connectivity index (χ3n) is 4.66. The lowest BCUT2D eigenvalue weighted by molar-refractivity contribution is 0.111. The van der Waals surface area contributed by atoms with E-state index >= 15 is 0 Å². The SMILES string of the molecule is COc1ccc(C(CNC(Cn2ccnc2)c2ccc(F)cc2)C(F)F)cc1. The molecule has 3 rings (SSSR count). The molecule has 28 heavy (non-hydrogen) atoms. The van der Waals surface area contributed by atoms with Gasteiger partial charge in [0.1, 0.15) is 11.6 Å². The highest BCUT2D eigenvalue weighted by Gasteiger charge is 2.24. The van der Waals surface area contributed by atoms with Crippen LogP contribution in [0.3, 0.4) is 0 Å². The first-order chi connectivity index (χ1) is 13.6. The maximum absolute atomic E-state index is 13.7. The van der Waals surface area contributed by atoms with Gasteiger partial charge in [-0.25, -0.2) is 18.2 Å². The summed E-state index contributed by atoms with van der Waals surface area (Å²) in [6, 6.07) is 12.4. The molecule has 0 bridgehead atoms. The second kappa shape index (κ2) is 9.41. The molecule has 2 atom stereocenters. The van der Waals surface area contributed by atoms with Crippen LogP contribution < -0.4 is 10.1 Å². The Kier molecular flexibility index (Phi) is 6.71. The zero-order valence-electron chi connectivity index (χ0n) is 15.4. The molecule has 3 aromatic rings. The number of imidazole rings is 1. The number of methoxy groups -OCH3 is 1. The first-order valence-corrected chi connectivity index (χ1v) is 8.93. The molecular formula is C21H22F3N3O. The van der Waals surface area contributed by atoms with Crippen LogP contribution in [0.4, 0.5) is 13.2 Å². The van der Waals surface area contributed by atoms with E-state index in [4.69, 9.17) is 4.74 Å². The molecular weight excluding hydrogens is 367 g/mol. The van der Waals surface area contributed by atoms with Crippen molar-refractivity contribution in [3.8, 4) is 5.75 Å². The Morgan fingerprint density at radius 2 is 1.71 bits per heavy atom. The highest BCUT2D eigenvalue weighted by molar-refractivity contribution is 5.30. The first kappa shape index (κ1) is 19.9. The van der Waals surface area contributed by atoms with Gasteiger partial charge in [-0.3, -0.25) is 0 Å². The average Bonchev–Trinajstić information content (AvgIpc) is 3.21. The van der Waals surface area contributed by atoms with Crippen LogP contribution in [0.25, 0.3) is 0 Å². The molecule has 1 N–H and O–H groups in total. The number of nitrogens with zero attached hydrogens (tertiary/aromatic N) is 2. The van der Waals surface area contributed by atoms with Crippen LogP contribution in [0.5, 0.6) is 5.75 Å².